The van der Waals surface area contributed by atoms with E-state index in [9.17, 15) is 4.79 Å². The van der Waals surface area contributed by atoms with Crippen LogP contribution in [0.5, 0.6) is 0 Å². The summed E-state index contributed by atoms with van der Waals surface area (Å²) in [5.74, 6) is -0.178. The van der Waals surface area contributed by atoms with E-state index in [1.54, 1.807) is 0 Å². The summed E-state index contributed by atoms with van der Waals surface area (Å²) in [4.78, 5) is 11.4. The van der Waals surface area contributed by atoms with E-state index in [0.29, 0.717) is 11.0 Å². The van der Waals surface area contributed by atoms with E-state index in [2.05, 4.69) is 30.3 Å². The van der Waals surface area contributed by atoms with E-state index in [-0.39, 0.29) is 5.97 Å². The highest BCUT2D eigenvalue weighted by atomic mass is 127. The third-order valence-corrected chi connectivity index (χ3v) is 3.99. The molecule has 0 fully saturated rings. The summed E-state index contributed by atoms with van der Waals surface area (Å²) in [5.41, 5.74) is 1.08. The Bertz CT molecular complexity index is 726. The topological polar surface area (TPSA) is 26.3 Å². The molecule has 0 unspecified atom stereocenters. The maximum atomic E-state index is 11.4. The zero-order valence-electron chi connectivity index (χ0n) is 10.8. The molecule has 0 amide bonds. The van der Waals surface area contributed by atoms with Gasteiger partial charge in [-0.05, 0) is 27.6 Å². The second kappa shape index (κ2) is 5.79. The summed E-state index contributed by atoms with van der Waals surface area (Å²) in [7, 11) is 0. The van der Waals surface area contributed by atoms with Crippen LogP contribution in [0.25, 0.3) is 21.5 Å². The fraction of sp³-hybridized carbons (Fsp3) is 0.118. The second-order valence-corrected chi connectivity index (χ2v) is 5.35. The first-order valence-electron chi connectivity index (χ1n) is 6.40. The first-order chi connectivity index (χ1) is 9.79. The highest BCUT2D eigenvalue weighted by Gasteiger charge is 2.09. The smallest absolute Gasteiger partial charge is 0.316 e. The van der Waals surface area contributed by atoms with Crippen molar-refractivity contribution >= 4 is 50.1 Å². The maximum Gasteiger partial charge on any atom is 0.316 e. The number of esters is 1. The average molecular weight is 376 g/mol. The number of alkyl halides is 1. The van der Waals surface area contributed by atoms with Gasteiger partial charge < -0.3 is 4.74 Å². The van der Waals surface area contributed by atoms with Gasteiger partial charge in [0.2, 0.25) is 0 Å². The number of benzene rings is 3. The average Bonchev–Trinajstić information content (AvgIpc) is 2.51. The van der Waals surface area contributed by atoms with Crippen molar-refractivity contribution < 1.29 is 9.53 Å². The second-order valence-electron chi connectivity index (χ2n) is 4.59. The predicted octanol–water partition coefficient (Wildman–Crippen LogP) is 4.47. The lowest BCUT2D eigenvalue weighted by molar-refractivity contribution is -0.141. The summed E-state index contributed by atoms with van der Waals surface area (Å²) in [6, 6.07) is 18.6. The van der Waals surface area contributed by atoms with Crippen molar-refractivity contribution in [1.29, 1.82) is 0 Å². The van der Waals surface area contributed by atoms with Gasteiger partial charge >= 0.3 is 5.97 Å². The number of carbonyl (C=O) groups excluding carboxylic acids is 1. The molecule has 100 valence electrons. The van der Waals surface area contributed by atoms with Gasteiger partial charge in [-0.15, -0.1) is 0 Å². The molecular formula is C17H13IO2. The van der Waals surface area contributed by atoms with E-state index >= 15 is 0 Å². The van der Waals surface area contributed by atoms with Gasteiger partial charge in [0.25, 0.3) is 0 Å². The normalized spacial score (nSPS) is 10.8. The molecule has 0 heterocycles. The lowest BCUT2D eigenvalue weighted by Crippen LogP contribution is -2.05. The number of fused-ring (bicyclic) bond motifs is 2. The largest absolute Gasteiger partial charge is 0.460 e. The van der Waals surface area contributed by atoms with Crippen molar-refractivity contribution in [2.24, 2.45) is 0 Å². The molecule has 3 rings (SSSR count). The molecule has 0 radical (unpaired) electrons. The Morgan fingerprint density at radius 3 is 2.05 bits per heavy atom. The standard InChI is InChI=1S/C17H13IO2/c18-10-17(19)20-11-16-14-7-3-1-5-12(14)9-13-6-2-4-8-15(13)16/h1-9H,10-11H2. The molecule has 0 aliphatic rings. The molecule has 0 aliphatic heterocycles. The molecule has 3 aromatic carbocycles. The Hall–Kier alpha value is -1.62. The van der Waals surface area contributed by atoms with Gasteiger partial charge in [0, 0.05) is 5.56 Å². The van der Waals surface area contributed by atoms with Gasteiger partial charge in [0.15, 0.2) is 0 Å². The highest BCUT2D eigenvalue weighted by molar-refractivity contribution is 14.1. The van der Waals surface area contributed by atoms with Crippen molar-refractivity contribution in [3.63, 3.8) is 0 Å². The molecule has 0 atom stereocenters. The zero-order chi connectivity index (χ0) is 13.9. The SMILES string of the molecule is O=C(CI)OCc1c2ccccc2cc2ccccc12. The Labute approximate surface area is 130 Å². The zero-order valence-corrected chi connectivity index (χ0v) is 13.0. The van der Waals surface area contributed by atoms with E-state index in [1.807, 2.05) is 46.9 Å². The van der Waals surface area contributed by atoms with Gasteiger partial charge in [-0.3, -0.25) is 4.79 Å². The van der Waals surface area contributed by atoms with E-state index in [4.69, 9.17) is 4.74 Å². The fourth-order valence-corrected chi connectivity index (χ4v) is 2.67. The predicted molar refractivity (Wildman–Crippen MR) is 90.1 cm³/mol. The van der Waals surface area contributed by atoms with Crippen molar-refractivity contribution in [2.45, 2.75) is 6.61 Å². The molecule has 0 aromatic heterocycles. The first kappa shape index (κ1) is 13.4. The quantitative estimate of drug-likeness (QED) is 0.292. The molecule has 0 bridgehead atoms. The van der Waals surface area contributed by atoms with Crippen LogP contribution in [0.3, 0.4) is 0 Å². The van der Waals surface area contributed by atoms with Gasteiger partial charge in [0.1, 0.15) is 6.61 Å². The van der Waals surface area contributed by atoms with Gasteiger partial charge in [-0.2, -0.15) is 0 Å². The summed E-state index contributed by atoms with van der Waals surface area (Å²) in [5, 5.41) is 4.64. The molecule has 0 spiro atoms. The molecule has 0 saturated heterocycles. The summed E-state index contributed by atoms with van der Waals surface area (Å²) in [6.07, 6.45) is 0. The van der Waals surface area contributed by atoms with Crippen molar-refractivity contribution in [3.8, 4) is 0 Å². The Morgan fingerprint density at radius 2 is 1.50 bits per heavy atom. The molecule has 3 aromatic rings. The van der Waals surface area contributed by atoms with Crippen LogP contribution in [0.1, 0.15) is 5.56 Å². The monoisotopic (exact) mass is 376 g/mol. The lowest BCUT2D eigenvalue weighted by atomic mass is 9.97. The third kappa shape index (κ3) is 2.50. The van der Waals surface area contributed by atoms with Crippen molar-refractivity contribution in [3.05, 3.63) is 60.2 Å². The van der Waals surface area contributed by atoms with Gasteiger partial charge in [0.05, 0.1) is 4.43 Å². The van der Waals surface area contributed by atoms with Crippen LogP contribution in [-0.2, 0) is 16.1 Å². The minimum atomic E-state index is -0.178. The minimum Gasteiger partial charge on any atom is -0.460 e. The molecule has 3 heteroatoms. The van der Waals surface area contributed by atoms with E-state index in [1.165, 1.54) is 10.8 Å². The fourth-order valence-electron chi connectivity index (χ4n) is 2.45. The van der Waals surface area contributed by atoms with Crippen LogP contribution in [-0.4, -0.2) is 10.4 Å². The van der Waals surface area contributed by atoms with Crippen LogP contribution in [0.4, 0.5) is 0 Å². The van der Waals surface area contributed by atoms with Crippen molar-refractivity contribution in [1.82, 2.24) is 0 Å². The maximum absolute atomic E-state index is 11.4. The van der Waals surface area contributed by atoms with E-state index in [0.717, 1.165) is 16.3 Å². The molecule has 0 aliphatic carbocycles. The van der Waals surface area contributed by atoms with Crippen LogP contribution >= 0.6 is 22.6 Å². The number of hydrogen-bond acceptors (Lipinski definition) is 2. The summed E-state index contributed by atoms with van der Waals surface area (Å²) < 4.78 is 5.72. The summed E-state index contributed by atoms with van der Waals surface area (Å²) in [6.45, 7) is 0.323. The van der Waals surface area contributed by atoms with Gasteiger partial charge in [-0.1, -0.05) is 71.1 Å². The summed E-state index contributed by atoms with van der Waals surface area (Å²) >= 11 is 2.02. The minimum absolute atomic E-state index is 0.178. The van der Waals surface area contributed by atoms with Crippen LogP contribution in [0.15, 0.2) is 54.6 Å². The number of rotatable bonds is 3. The third-order valence-electron chi connectivity index (χ3n) is 3.37. The number of hydrogen-bond donors (Lipinski definition) is 0. The number of carbonyl (C=O) groups is 1. The first-order valence-corrected chi connectivity index (χ1v) is 7.93. The van der Waals surface area contributed by atoms with Crippen molar-refractivity contribution in [2.75, 3.05) is 4.43 Å². The van der Waals surface area contributed by atoms with Crippen LogP contribution < -0.4 is 0 Å². The van der Waals surface area contributed by atoms with E-state index < -0.39 is 0 Å². The van der Waals surface area contributed by atoms with Gasteiger partial charge in [-0.25, -0.2) is 0 Å². The number of halogens is 1. The van der Waals surface area contributed by atoms with Crippen LogP contribution in [0.2, 0.25) is 0 Å². The molecule has 0 N–H and O–H groups in total. The Morgan fingerprint density at radius 1 is 0.950 bits per heavy atom. The Balaban J connectivity index is 2.20. The van der Waals surface area contributed by atoms with Crippen LogP contribution in [0, 0.1) is 0 Å². The number of ether oxygens (including phenoxy) is 1. The molecule has 0 saturated carbocycles. The Kier molecular flexibility index (Phi) is 3.87. The lowest BCUT2D eigenvalue weighted by Gasteiger charge is -2.11. The molecular weight excluding hydrogens is 363 g/mol. The molecule has 20 heavy (non-hydrogen) atoms. The molecule has 2 nitrogen and oxygen atoms in total. The highest BCUT2D eigenvalue weighted by Crippen LogP contribution is 2.29.